The zero-order valence-corrected chi connectivity index (χ0v) is 8.86. The van der Waals surface area contributed by atoms with Crippen molar-refractivity contribution >= 4 is 5.91 Å². The molecule has 0 spiro atoms. The predicted molar refractivity (Wildman–Crippen MR) is 58.3 cm³/mol. The minimum Gasteiger partial charge on any atom is -0.486 e. The molecule has 0 radical (unpaired) electrons. The number of hydrogen-bond acceptors (Lipinski definition) is 4. The Morgan fingerprint density at radius 3 is 3.00 bits per heavy atom. The second-order valence-electron chi connectivity index (χ2n) is 3.51. The quantitative estimate of drug-likeness (QED) is 0.754. The number of nitrogens with two attached hydrogens (primary N) is 1. The highest BCUT2D eigenvalue weighted by Gasteiger charge is 2.14. The van der Waals surface area contributed by atoms with E-state index in [1.165, 1.54) is 0 Å². The molecule has 0 unspecified atom stereocenters. The predicted octanol–water partition coefficient (Wildman–Crippen LogP) is 0.0327. The minimum atomic E-state index is -0.373. The van der Waals surface area contributed by atoms with Crippen LogP contribution < -0.4 is 20.5 Å². The van der Waals surface area contributed by atoms with E-state index >= 15 is 0 Å². The lowest BCUT2D eigenvalue weighted by Gasteiger charge is -2.20. The van der Waals surface area contributed by atoms with Crippen LogP contribution in [0.15, 0.2) is 18.2 Å². The van der Waals surface area contributed by atoms with E-state index in [2.05, 4.69) is 5.32 Å². The summed E-state index contributed by atoms with van der Waals surface area (Å²) in [5, 5.41) is 2.94. The highest BCUT2D eigenvalue weighted by molar-refractivity contribution is 5.75. The molecule has 1 aromatic rings. The number of rotatable bonds is 4. The first-order valence-corrected chi connectivity index (χ1v) is 5.14. The lowest BCUT2D eigenvalue weighted by Crippen LogP contribution is -2.28. The fraction of sp³-hybridized carbons (Fsp3) is 0.364. The van der Waals surface area contributed by atoms with Crippen LogP contribution in [-0.4, -0.2) is 25.7 Å². The van der Waals surface area contributed by atoms with Crippen molar-refractivity contribution in [2.45, 2.75) is 6.54 Å². The highest BCUT2D eigenvalue weighted by Crippen LogP contribution is 2.33. The Balaban J connectivity index is 2.05. The number of benzene rings is 1. The van der Waals surface area contributed by atoms with E-state index in [0.717, 1.165) is 17.1 Å². The zero-order valence-electron chi connectivity index (χ0n) is 8.86. The molecule has 0 aromatic heterocycles. The fourth-order valence-corrected chi connectivity index (χ4v) is 1.59. The van der Waals surface area contributed by atoms with Crippen molar-refractivity contribution in [3.63, 3.8) is 0 Å². The third-order valence-electron chi connectivity index (χ3n) is 2.26. The van der Waals surface area contributed by atoms with Gasteiger partial charge in [0.05, 0.1) is 6.54 Å². The molecule has 0 bridgehead atoms. The second kappa shape index (κ2) is 4.85. The van der Waals surface area contributed by atoms with E-state index in [1.54, 1.807) is 0 Å². The summed E-state index contributed by atoms with van der Waals surface area (Å²) in [5.74, 6) is 1.14. The Hall–Kier alpha value is -1.75. The number of carbonyl (C=O) groups excluding carboxylic acids is 1. The first-order valence-electron chi connectivity index (χ1n) is 5.14. The van der Waals surface area contributed by atoms with Crippen LogP contribution in [-0.2, 0) is 11.3 Å². The van der Waals surface area contributed by atoms with Crippen LogP contribution in [0.3, 0.4) is 0 Å². The van der Waals surface area contributed by atoms with Gasteiger partial charge in [0.1, 0.15) is 13.2 Å². The number of hydrogen-bond donors (Lipinski definition) is 2. The highest BCUT2D eigenvalue weighted by atomic mass is 16.6. The van der Waals surface area contributed by atoms with Crippen LogP contribution in [0.5, 0.6) is 11.5 Å². The van der Waals surface area contributed by atoms with Crippen molar-refractivity contribution in [3.8, 4) is 11.5 Å². The van der Waals surface area contributed by atoms with E-state index in [4.69, 9.17) is 15.2 Å². The van der Waals surface area contributed by atoms with E-state index in [-0.39, 0.29) is 12.5 Å². The standard InChI is InChI=1S/C11H14N2O3/c12-10(14)7-13-6-8-2-1-3-9-11(8)16-5-4-15-9/h1-3,13H,4-7H2,(H2,12,14). The monoisotopic (exact) mass is 222 g/mol. The van der Waals surface area contributed by atoms with E-state index in [0.29, 0.717) is 19.8 Å². The Bertz CT molecular complexity index is 393. The summed E-state index contributed by atoms with van der Waals surface area (Å²) in [4.78, 5) is 10.6. The molecule has 1 amide bonds. The van der Waals surface area contributed by atoms with Gasteiger partial charge in [-0.3, -0.25) is 4.79 Å². The summed E-state index contributed by atoms with van der Waals surface area (Å²) in [5.41, 5.74) is 6.01. The number of amides is 1. The SMILES string of the molecule is NC(=O)CNCc1cccc2c1OCCO2. The normalized spacial score (nSPS) is 13.5. The first-order chi connectivity index (χ1) is 7.77. The molecule has 1 aliphatic heterocycles. The molecule has 1 aliphatic rings. The first kappa shape index (κ1) is 10.8. The maximum atomic E-state index is 10.6. The van der Waals surface area contributed by atoms with Gasteiger partial charge in [0.15, 0.2) is 11.5 Å². The van der Waals surface area contributed by atoms with Gasteiger partial charge in [0, 0.05) is 12.1 Å². The molecule has 0 saturated heterocycles. The largest absolute Gasteiger partial charge is 0.486 e. The van der Waals surface area contributed by atoms with Gasteiger partial charge in [0.2, 0.25) is 5.91 Å². The molecule has 5 nitrogen and oxygen atoms in total. The number of nitrogens with one attached hydrogen (secondary N) is 1. The average molecular weight is 222 g/mol. The van der Waals surface area contributed by atoms with Gasteiger partial charge in [-0.2, -0.15) is 0 Å². The molecule has 5 heteroatoms. The van der Waals surface area contributed by atoms with Gasteiger partial charge in [-0.05, 0) is 6.07 Å². The van der Waals surface area contributed by atoms with Crippen molar-refractivity contribution in [2.75, 3.05) is 19.8 Å². The molecule has 0 atom stereocenters. The molecule has 16 heavy (non-hydrogen) atoms. The van der Waals surface area contributed by atoms with E-state index in [9.17, 15) is 4.79 Å². The number of carbonyl (C=O) groups is 1. The molecule has 1 aromatic carbocycles. The van der Waals surface area contributed by atoms with Crippen molar-refractivity contribution in [3.05, 3.63) is 23.8 Å². The van der Waals surface area contributed by atoms with Crippen molar-refractivity contribution < 1.29 is 14.3 Å². The number of primary amides is 1. The van der Waals surface area contributed by atoms with Gasteiger partial charge in [-0.15, -0.1) is 0 Å². The topological polar surface area (TPSA) is 73.6 Å². The molecule has 0 saturated carbocycles. The molecule has 3 N–H and O–H groups in total. The van der Waals surface area contributed by atoms with Crippen molar-refractivity contribution in [1.29, 1.82) is 0 Å². The van der Waals surface area contributed by atoms with Crippen LogP contribution in [0.4, 0.5) is 0 Å². The summed E-state index contributed by atoms with van der Waals surface area (Å²) >= 11 is 0. The van der Waals surface area contributed by atoms with Crippen LogP contribution in [0.1, 0.15) is 5.56 Å². The third-order valence-corrected chi connectivity index (χ3v) is 2.26. The van der Waals surface area contributed by atoms with Gasteiger partial charge >= 0.3 is 0 Å². The van der Waals surface area contributed by atoms with Crippen molar-refractivity contribution in [2.24, 2.45) is 5.73 Å². The van der Waals surface area contributed by atoms with Crippen molar-refractivity contribution in [1.82, 2.24) is 5.32 Å². The molecule has 2 rings (SSSR count). The van der Waals surface area contributed by atoms with E-state index in [1.807, 2.05) is 18.2 Å². The Morgan fingerprint density at radius 1 is 1.38 bits per heavy atom. The maximum Gasteiger partial charge on any atom is 0.231 e. The smallest absolute Gasteiger partial charge is 0.231 e. The van der Waals surface area contributed by atoms with Gasteiger partial charge in [0.25, 0.3) is 0 Å². The van der Waals surface area contributed by atoms with Gasteiger partial charge < -0.3 is 20.5 Å². The number of para-hydroxylation sites is 1. The van der Waals surface area contributed by atoms with E-state index < -0.39 is 0 Å². The van der Waals surface area contributed by atoms with Crippen LogP contribution in [0.25, 0.3) is 0 Å². The third kappa shape index (κ3) is 2.43. The Labute approximate surface area is 93.5 Å². The second-order valence-corrected chi connectivity index (χ2v) is 3.51. The molecule has 86 valence electrons. The molecule has 0 fully saturated rings. The summed E-state index contributed by atoms with van der Waals surface area (Å²) in [6.45, 7) is 1.82. The lowest BCUT2D eigenvalue weighted by atomic mass is 10.1. The van der Waals surface area contributed by atoms with Gasteiger partial charge in [-0.1, -0.05) is 12.1 Å². The molecular weight excluding hydrogens is 208 g/mol. The van der Waals surface area contributed by atoms with Crippen LogP contribution in [0, 0.1) is 0 Å². The molecule has 0 aliphatic carbocycles. The van der Waals surface area contributed by atoms with Gasteiger partial charge in [-0.25, -0.2) is 0 Å². The Morgan fingerprint density at radius 2 is 2.19 bits per heavy atom. The summed E-state index contributed by atoms with van der Waals surface area (Å²) < 4.78 is 11.0. The maximum absolute atomic E-state index is 10.6. The molecular formula is C11H14N2O3. The zero-order chi connectivity index (χ0) is 11.4. The summed E-state index contributed by atoms with van der Waals surface area (Å²) in [6.07, 6.45) is 0. The molecule has 1 heterocycles. The van der Waals surface area contributed by atoms with Crippen LogP contribution >= 0.6 is 0 Å². The number of fused-ring (bicyclic) bond motifs is 1. The fourth-order valence-electron chi connectivity index (χ4n) is 1.59. The number of ether oxygens (including phenoxy) is 2. The summed E-state index contributed by atoms with van der Waals surface area (Å²) in [7, 11) is 0. The summed E-state index contributed by atoms with van der Waals surface area (Å²) in [6, 6.07) is 5.70. The lowest BCUT2D eigenvalue weighted by molar-refractivity contribution is -0.117. The minimum absolute atomic E-state index is 0.157. The average Bonchev–Trinajstić information content (AvgIpc) is 2.29. The van der Waals surface area contributed by atoms with Crippen LogP contribution in [0.2, 0.25) is 0 Å². The Kier molecular flexibility index (Phi) is 3.26.